The first kappa shape index (κ1) is 13.8. The van der Waals surface area contributed by atoms with Gasteiger partial charge in [0.15, 0.2) is 0 Å². The van der Waals surface area contributed by atoms with Crippen LogP contribution in [0.25, 0.3) is 5.69 Å². The minimum atomic E-state index is -1.08. The molecular weight excluding hydrogens is 266 g/mol. The standard InChI is InChI=1S/C16H19N3O2/c1-10(2)15-17-14(16(20)21)18-19(15)13-9-5-7-11-6-3-4-8-12(11)13/h5,7,9-10H,3-4,6,8H2,1-2H3,(H,20,21). The molecular formula is C16H19N3O2. The van der Waals surface area contributed by atoms with E-state index in [-0.39, 0.29) is 11.7 Å². The third-order valence-corrected chi connectivity index (χ3v) is 3.94. The van der Waals surface area contributed by atoms with E-state index in [1.807, 2.05) is 26.0 Å². The number of hydrogen-bond acceptors (Lipinski definition) is 3. The Morgan fingerprint density at radius 2 is 2.05 bits per heavy atom. The van der Waals surface area contributed by atoms with E-state index >= 15 is 0 Å². The predicted molar refractivity (Wildman–Crippen MR) is 79.0 cm³/mol. The average molecular weight is 285 g/mol. The molecule has 5 heteroatoms. The zero-order valence-electron chi connectivity index (χ0n) is 12.3. The number of carbonyl (C=O) groups is 1. The van der Waals surface area contributed by atoms with Crippen LogP contribution in [0.3, 0.4) is 0 Å². The number of rotatable bonds is 3. The third-order valence-electron chi connectivity index (χ3n) is 3.94. The molecule has 0 amide bonds. The Labute approximate surface area is 123 Å². The summed E-state index contributed by atoms with van der Waals surface area (Å²) >= 11 is 0. The van der Waals surface area contributed by atoms with Crippen molar-refractivity contribution in [2.75, 3.05) is 0 Å². The smallest absolute Gasteiger partial charge is 0.375 e. The normalized spacial score (nSPS) is 14.2. The molecule has 0 aliphatic heterocycles. The fourth-order valence-electron chi connectivity index (χ4n) is 2.93. The van der Waals surface area contributed by atoms with Gasteiger partial charge in [0.2, 0.25) is 0 Å². The maximum atomic E-state index is 11.2. The number of nitrogens with zero attached hydrogens (tertiary/aromatic N) is 3. The number of carboxylic acid groups (broad SMARTS) is 1. The fraction of sp³-hybridized carbons (Fsp3) is 0.438. The van der Waals surface area contributed by atoms with Crippen LogP contribution >= 0.6 is 0 Å². The fourth-order valence-corrected chi connectivity index (χ4v) is 2.93. The second-order valence-corrected chi connectivity index (χ2v) is 5.79. The number of aromatic carboxylic acids is 1. The van der Waals surface area contributed by atoms with E-state index < -0.39 is 5.97 Å². The first-order valence-electron chi connectivity index (χ1n) is 7.39. The van der Waals surface area contributed by atoms with E-state index in [0.717, 1.165) is 18.5 Å². The predicted octanol–water partition coefficient (Wildman–Crippen LogP) is 2.97. The molecule has 0 atom stereocenters. The van der Waals surface area contributed by atoms with Gasteiger partial charge in [0.05, 0.1) is 5.69 Å². The van der Waals surface area contributed by atoms with E-state index in [1.165, 1.54) is 24.0 Å². The van der Waals surface area contributed by atoms with E-state index in [9.17, 15) is 4.79 Å². The third kappa shape index (κ3) is 2.44. The minimum absolute atomic E-state index is 0.116. The highest BCUT2D eigenvalue weighted by atomic mass is 16.4. The zero-order chi connectivity index (χ0) is 15.0. The molecule has 0 bridgehead atoms. The molecule has 1 N–H and O–H groups in total. The molecule has 1 aliphatic rings. The van der Waals surface area contributed by atoms with Gasteiger partial charge in [-0.05, 0) is 42.9 Å². The highest BCUT2D eigenvalue weighted by molar-refractivity contribution is 5.83. The van der Waals surface area contributed by atoms with Gasteiger partial charge in [-0.25, -0.2) is 14.5 Å². The van der Waals surface area contributed by atoms with Crippen LogP contribution in [0.15, 0.2) is 18.2 Å². The molecule has 0 unspecified atom stereocenters. The Bertz CT molecular complexity index is 689. The number of carboxylic acids is 1. The van der Waals surface area contributed by atoms with Gasteiger partial charge in [0.25, 0.3) is 5.82 Å². The summed E-state index contributed by atoms with van der Waals surface area (Å²) in [6.07, 6.45) is 4.48. The molecule has 110 valence electrons. The lowest BCUT2D eigenvalue weighted by Crippen LogP contribution is -2.12. The summed E-state index contributed by atoms with van der Waals surface area (Å²) in [6.45, 7) is 4.00. The molecule has 0 spiro atoms. The number of aryl methyl sites for hydroxylation is 1. The van der Waals surface area contributed by atoms with E-state index in [1.54, 1.807) is 4.68 Å². The van der Waals surface area contributed by atoms with Crippen LogP contribution in [0.2, 0.25) is 0 Å². The van der Waals surface area contributed by atoms with Crippen molar-refractivity contribution in [3.8, 4) is 5.69 Å². The van der Waals surface area contributed by atoms with Gasteiger partial charge in [0, 0.05) is 5.92 Å². The topological polar surface area (TPSA) is 68.0 Å². The Hall–Kier alpha value is -2.17. The van der Waals surface area contributed by atoms with Gasteiger partial charge in [0.1, 0.15) is 5.82 Å². The Balaban J connectivity index is 2.18. The summed E-state index contributed by atoms with van der Waals surface area (Å²) in [6, 6.07) is 6.18. The first-order valence-corrected chi connectivity index (χ1v) is 7.39. The highest BCUT2D eigenvalue weighted by Gasteiger charge is 2.22. The van der Waals surface area contributed by atoms with Gasteiger partial charge in [-0.3, -0.25) is 0 Å². The molecule has 0 radical (unpaired) electrons. The maximum Gasteiger partial charge on any atom is 0.375 e. The lowest BCUT2D eigenvalue weighted by molar-refractivity contribution is 0.0683. The van der Waals surface area contributed by atoms with Crippen LogP contribution < -0.4 is 0 Å². The molecule has 2 aromatic rings. The van der Waals surface area contributed by atoms with Crippen molar-refractivity contribution in [3.63, 3.8) is 0 Å². The molecule has 0 saturated heterocycles. The number of hydrogen-bond donors (Lipinski definition) is 1. The summed E-state index contributed by atoms with van der Waals surface area (Å²) < 4.78 is 1.72. The van der Waals surface area contributed by atoms with Gasteiger partial charge < -0.3 is 5.11 Å². The maximum absolute atomic E-state index is 11.2. The molecule has 1 aromatic carbocycles. The summed E-state index contributed by atoms with van der Waals surface area (Å²) in [5.74, 6) is -0.399. The van der Waals surface area contributed by atoms with Crippen LogP contribution in [0, 0.1) is 0 Å². The average Bonchev–Trinajstić information content (AvgIpc) is 2.92. The lowest BCUT2D eigenvalue weighted by Gasteiger charge is -2.20. The second kappa shape index (κ2) is 5.31. The molecule has 0 saturated carbocycles. The number of benzene rings is 1. The highest BCUT2D eigenvalue weighted by Crippen LogP contribution is 2.28. The molecule has 0 fully saturated rings. The van der Waals surface area contributed by atoms with Crippen molar-refractivity contribution in [2.24, 2.45) is 0 Å². The van der Waals surface area contributed by atoms with Crippen LogP contribution in [-0.2, 0) is 12.8 Å². The molecule has 1 heterocycles. The first-order chi connectivity index (χ1) is 10.1. The van der Waals surface area contributed by atoms with E-state index in [0.29, 0.717) is 5.82 Å². The largest absolute Gasteiger partial charge is 0.475 e. The van der Waals surface area contributed by atoms with Crippen LogP contribution in [0.4, 0.5) is 0 Å². The minimum Gasteiger partial charge on any atom is -0.475 e. The van der Waals surface area contributed by atoms with Gasteiger partial charge in [-0.1, -0.05) is 26.0 Å². The van der Waals surface area contributed by atoms with Crippen LogP contribution in [0.5, 0.6) is 0 Å². The SMILES string of the molecule is CC(C)c1nc(C(=O)O)nn1-c1cccc2c1CCCC2. The molecule has 1 aromatic heterocycles. The molecule has 21 heavy (non-hydrogen) atoms. The molecule has 5 nitrogen and oxygen atoms in total. The van der Waals surface area contributed by atoms with Crippen molar-refractivity contribution >= 4 is 5.97 Å². The molecule has 1 aliphatic carbocycles. The summed E-state index contributed by atoms with van der Waals surface area (Å²) in [4.78, 5) is 15.4. The summed E-state index contributed by atoms with van der Waals surface area (Å²) in [7, 11) is 0. The van der Waals surface area contributed by atoms with E-state index in [2.05, 4.69) is 16.1 Å². The Morgan fingerprint density at radius 3 is 2.76 bits per heavy atom. The second-order valence-electron chi connectivity index (χ2n) is 5.79. The summed E-state index contributed by atoms with van der Waals surface area (Å²) in [5.41, 5.74) is 3.62. The van der Waals surface area contributed by atoms with Crippen LogP contribution in [-0.4, -0.2) is 25.8 Å². The Morgan fingerprint density at radius 1 is 1.29 bits per heavy atom. The lowest BCUT2D eigenvalue weighted by atomic mass is 9.90. The van der Waals surface area contributed by atoms with Crippen molar-refractivity contribution < 1.29 is 9.90 Å². The zero-order valence-corrected chi connectivity index (χ0v) is 12.3. The Kier molecular flexibility index (Phi) is 3.49. The number of fused-ring (bicyclic) bond motifs is 1. The van der Waals surface area contributed by atoms with Gasteiger partial charge in [-0.2, -0.15) is 0 Å². The van der Waals surface area contributed by atoms with Crippen LogP contribution in [0.1, 0.15) is 60.2 Å². The number of aromatic nitrogens is 3. The van der Waals surface area contributed by atoms with Crippen molar-refractivity contribution in [1.82, 2.24) is 14.8 Å². The quantitative estimate of drug-likeness (QED) is 0.941. The van der Waals surface area contributed by atoms with Gasteiger partial charge >= 0.3 is 5.97 Å². The van der Waals surface area contributed by atoms with E-state index in [4.69, 9.17) is 5.11 Å². The molecule has 3 rings (SSSR count). The van der Waals surface area contributed by atoms with Crippen molar-refractivity contribution in [2.45, 2.75) is 45.4 Å². The van der Waals surface area contributed by atoms with Gasteiger partial charge in [-0.15, -0.1) is 5.10 Å². The monoisotopic (exact) mass is 285 g/mol. The van der Waals surface area contributed by atoms with Crippen molar-refractivity contribution in [3.05, 3.63) is 41.0 Å². The summed E-state index contributed by atoms with van der Waals surface area (Å²) in [5, 5.41) is 13.4. The van der Waals surface area contributed by atoms with Crippen molar-refractivity contribution in [1.29, 1.82) is 0 Å².